The molecule has 1 aromatic rings. The Balaban J connectivity index is 2.20. The predicted molar refractivity (Wildman–Crippen MR) is 87.2 cm³/mol. The van der Waals surface area contributed by atoms with E-state index in [2.05, 4.69) is 0 Å². The average Bonchev–Trinajstić information content (AvgIpc) is 2.52. The largest absolute Gasteiger partial charge is 0.481 e. The molecule has 136 valence electrons. The summed E-state index contributed by atoms with van der Waals surface area (Å²) in [6, 6.07) is 6.23. The molecular formula is C16H24O7S. The van der Waals surface area contributed by atoms with Crippen molar-refractivity contribution in [3.63, 3.8) is 0 Å². The first-order valence-corrected chi connectivity index (χ1v) is 9.16. The zero-order chi connectivity index (χ0) is 18.0. The molecule has 1 rings (SSSR count). The van der Waals surface area contributed by atoms with Crippen molar-refractivity contribution in [2.75, 3.05) is 19.8 Å². The van der Waals surface area contributed by atoms with Gasteiger partial charge in [-0.15, -0.1) is 0 Å². The van der Waals surface area contributed by atoms with Gasteiger partial charge >= 0.3 is 5.97 Å². The number of aryl methyl sites for hydroxylation is 1. The van der Waals surface area contributed by atoms with E-state index < -0.39 is 22.2 Å². The monoisotopic (exact) mass is 360 g/mol. The van der Waals surface area contributed by atoms with E-state index in [9.17, 15) is 18.3 Å². The number of carbonyl (C=O) groups is 1. The summed E-state index contributed by atoms with van der Waals surface area (Å²) in [6.45, 7) is 1.80. The van der Waals surface area contributed by atoms with Crippen LogP contribution in [-0.2, 0) is 23.8 Å². The van der Waals surface area contributed by atoms with Gasteiger partial charge in [0.2, 0.25) is 0 Å². The Morgan fingerprint density at radius 1 is 1.12 bits per heavy atom. The van der Waals surface area contributed by atoms with Gasteiger partial charge in [0.15, 0.2) is 0 Å². The summed E-state index contributed by atoms with van der Waals surface area (Å²) in [7, 11) is -3.89. The van der Waals surface area contributed by atoms with Crippen molar-refractivity contribution in [2.45, 2.75) is 43.6 Å². The molecule has 2 N–H and O–H groups in total. The van der Waals surface area contributed by atoms with E-state index in [1.165, 1.54) is 12.1 Å². The van der Waals surface area contributed by atoms with Crippen LogP contribution in [0, 0.1) is 6.92 Å². The topological polar surface area (TPSA) is 110 Å². The molecule has 0 amide bonds. The second kappa shape index (κ2) is 10.4. The smallest absolute Gasteiger partial charge is 0.303 e. The molecule has 1 atom stereocenters. The molecule has 1 unspecified atom stereocenters. The third kappa shape index (κ3) is 8.39. The molecule has 0 bridgehead atoms. The summed E-state index contributed by atoms with van der Waals surface area (Å²) in [5, 5.41) is 18.2. The van der Waals surface area contributed by atoms with E-state index >= 15 is 0 Å². The first-order valence-electron chi connectivity index (χ1n) is 7.75. The molecule has 0 spiro atoms. The van der Waals surface area contributed by atoms with Crippen molar-refractivity contribution >= 4 is 16.1 Å². The summed E-state index contributed by atoms with van der Waals surface area (Å²) in [6.07, 6.45) is 1.07. The highest BCUT2D eigenvalue weighted by atomic mass is 32.2. The Hall–Kier alpha value is -1.48. The fourth-order valence-electron chi connectivity index (χ4n) is 1.87. The van der Waals surface area contributed by atoms with E-state index in [0.29, 0.717) is 19.4 Å². The van der Waals surface area contributed by atoms with Crippen molar-refractivity contribution < 1.29 is 32.3 Å². The maximum atomic E-state index is 11.9. The normalized spacial score (nSPS) is 12.9. The van der Waals surface area contributed by atoms with Crippen molar-refractivity contribution in [1.29, 1.82) is 0 Å². The number of aliphatic hydroxyl groups is 1. The maximum Gasteiger partial charge on any atom is 0.303 e. The van der Waals surface area contributed by atoms with Gasteiger partial charge in [-0.25, -0.2) is 0 Å². The lowest BCUT2D eigenvalue weighted by Gasteiger charge is -2.12. The van der Waals surface area contributed by atoms with Crippen LogP contribution in [0.1, 0.15) is 31.2 Å². The molecule has 0 heterocycles. The Labute approximate surface area is 142 Å². The van der Waals surface area contributed by atoms with Crippen LogP contribution in [0.4, 0.5) is 0 Å². The van der Waals surface area contributed by atoms with Crippen LogP contribution in [0.25, 0.3) is 0 Å². The SMILES string of the molecule is Cc1ccc(S(=O)(=O)OCC(O)COCCCCCC(=O)O)cc1. The number of hydrogen-bond acceptors (Lipinski definition) is 6. The number of hydrogen-bond donors (Lipinski definition) is 2. The van der Waals surface area contributed by atoms with Gasteiger partial charge in [0.05, 0.1) is 18.1 Å². The lowest BCUT2D eigenvalue weighted by Crippen LogP contribution is -2.24. The minimum absolute atomic E-state index is 0.0393. The summed E-state index contributed by atoms with van der Waals surface area (Å²) < 4.78 is 33.9. The van der Waals surface area contributed by atoms with Crippen LogP contribution in [-0.4, -0.2) is 50.5 Å². The van der Waals surface area contributed by atoms with Gasteiger partial charge in [0.1, 0.15) is 6.10 Å². The van der Waals surface area contributed by atoms with Crippen LogP contribution in [0.2, 0.25) is 0 Å². The summed E-state index contributed by atoms with van der Waals surface area (Å²) in [4.78, 5) is 10.4. The minimum Gasteiger partial charge on any atom is -0.481 e. The molecule has 0 fully saturated rings. The Bertz CT molecular complexity index is 595. The first kappa shape index (κ1) is 20.6. The molecule has 0 radical (unpaired) electrons. The zero-order valence-corrected chi connectivity index (χ0v) is 14.5. The molecule has 0 aliphatic rings. The molecule has 0 saturated heterocycles. The summed E-state index contributed by atoms with van der Waals surface area (Å²) in [5.74, 6) is -0.821. The molecule has 0 aliphatic heterocycles. The molecule has 8 heteroatoms. The molecule has 0 aromatic heterocycles. The van der Waals surface area contributed by atoms with E-state index in [0.717, 1.165) is 12.0 Å². The molecule has 24 heavy (non-hydrogen) atoms. The Morgan fingerprint density at radius 2 is 1.79 bits per heavy atom. The lowest BCUT2D eigenvalue weighted by atomic mass is 10.2. The average molecular weight is 360 g/mol. The second-order valence-corrected chi connectivity index (χ2v) is 7.10. The van der Waals surface area contributed by atoms with E-state index in [1.807, 2.05) is 6.92 Å². The molecule has 7 nitrogen and oxygen atoms in total. The van der Waals surface area contributed by atoms with Crippen molar-refractivity contribution in [3.05, 3.63) is 29.8 Å². The fourth-order valence-corrected chi connectivity index (χ4v) is 2.81. The Morgan fingerprint density at radius 3 is 2.42 bits per heavy atom. The third-order valence-electron chi connectivity index (χ3n) is 3.21. The number of carboxylic acids is 1. The zero-order valence-electron chi connectivity index (χ0n) is 13.7. The third-order valence-corrected chi connectivity index (χ3v) is 4.51. The van der Waals surface area contributed by atoms with Crippen LogP contribution in [0.15, 0.2) is 29.2 Å². The number of ether oxygens (including phenoxy) is 1. The number of aliphatic hydroxyl groups excluding tert-OH is 1. The molecule has 1 aromatic carbocycles. The Kier molecular flexibility index (Phi) is 8.91. The number of rotatable bonds is 12. The highest BCUT2D eigenvalue weighted by molar-refractivity contribution is 7.86. The van der Waals surface area contributed by atoms with Crippen LogP contribution in [0.5, 0.6) is 0 Å². The summed E-state index contributed by atoms with van der Waals surface area (Å²) in [5.41, 5.74) is 0.936. The molecule has 0 saturated carbocycles. The lowest BCUT2D eigenvalue weighted by molar-refractivity contribution is -0.137. The van der Waals surface area contributed by atoms with Gasteiger partial charge in [-0.3, -0.25) is 8.98 Å². The van der Waals surface area contributed by atoms with Gasteiger partial charge in [-0.05, 0) is 31.9 Å². The van der Waals surface area contributed by atoms with E-state index in [1.54, 1.807) is 12.1 Å². The molecule has 0 aliphatic carbocycles. The second-order valence-electron chi connectivity index (χ2n) is 5.48. The van der Waals surface area contributed by atoms with Gasteiger partial charge in [-0.2, -0.15) is 8.42 Å². The van der Waals surface area contributed by atoms with Crippen LogP contribution >= 0.6 is 0 Å². The predicted octanol–water partition coefficient (Wildman–Crippen LogP) is 1.72. The van der Waals surface area contributed by atoms with Gasteiger partial charge in [-0.1, -0.05) is 24.1 Å². The quantitative estimate of drug-likeness (QED) is 0.431. The van der Waals surface area contributed by atoms with Crippen molar-refractivity contribution in [3.8, 4) is 0 Å². The fraction of sp³-hybridized carbons (Fsp3) is 0.562. The highest BCUT2D eigenvalue weighted by Crippen LogP contribution is 2.13. The van der Waals surface area contributed by atoms with Crippen LogP contribution < -0.4 is 0 Å². The van der Waals surface area contributed by atoms with Crippen LogP contribution in [0.3, 0.4) is 0 Å². The van der Waals surface area contributed by atoms with E-state index in [4.69, 9.17) is 14.0 Å². The number of benzene rings is 1. The van der Waals surface area contributed by atoms with E-state index in [-0.39, 0.29) is 24.5 Å². The summed E-state index contributed by atoms with van der Waals surface area (Å²) >= 11 is 0. The van der Waals surface area contributed by atoms with Gasteiger partial charge in [0.25, 0.3) is 10.1 Å². The molecular weight excluding hydrogens is 336 g/mol. The highest BCUT2D eigenvalue weighted by Gasteiger charge is 2.17. The number of aliphatic carboxylic acids is 1. The standard InChI is InChI=1S/C16H24O7S/c1-13-6-8-15(9-7-13)24(20,21)23-12-14(17)11-22-10-4-2-3-5-16(18)19/h6-9,14,17H,2-5,10-12H2,1H3,(H,18,19). The number of carboxylic acid groups (broad SMARTS) is 1. The maximum absolute atomic E-state index is 11.9. The first-order chi connectivity index (χ1) is 11.3. The minimum atomic E-state index is -3.89. The van der Waals surface area contributed by atoms with Crippen molar-refractivity contribution in [2.24, 2.45) is 0 Å². The van der Waals surface area contributed by atoms with Crippen molar-refractivity contribution in [1.82, 2.24) is 0 Å². The van der Waals surface area contributed by atoms with Gasteiger partial charge < -0.3 is 14.9 Å². The number of unbranched alkanes of at least 4 members (excludes halogenated alkanes) is 2. The van der Waals surface area contributed by atoms with Gasteiger partial charge in [0, 0.05) is 13.0 Å².